The van der Waals surface area contributed by atoms with E-state index in [-0.39, 0.29) is 17.5 Å². The van der Waals surface area contributed by atoms with Crippen LogP contribution in [0, 0.1) is 5.41 Å². The molecule has 0 radical (unpaired) electrons. The average Bonchev–Trinajstić information content (AvgIpc) is 2.79. The standard InChI is InChI=1S/C15H22N2O4/c1-11-12(10-13(18)21-11)16-6-2-15(3-7-16)4-8-17(9-5-15)14(19)20/h10-11H,2-9H2,1H3,(H,19,20). The van der Waals surface area contributed by atoms with Crippen molar-refractivity contribution in [3.8, 4) is 0 Å². The second-order valence-electron chi connectivity index (χ2n) is 6.40. The fourth-order valence-electron chi connectivity index (χ4n) is 3.77. The zero-order valence-corrected chi connectivity index (χ0v) is 12.4. The average molecular weight is 294 g/mol. The summed E-state index contributed by atoms with van der Waals surface area (Å²) in [7, 11) is 0. The summed E-state index contributed by atoms with van der Waals surface area (Å²) in [6, 6.07) is 0. The summed E-state index contributed by atoms with van der Waals surface area (Å²) in [5.74, 6) is -0.243. The fourth-order valence-corrected chi connectivity index (χ4v) is 3.77. The van der Waals surface area contributed by atoms with Gasteiger partial charge in [-0.15, -0.1) is 0 Å². The monoisotopic (exact) mass is 294 g/mol. The normalized spacial score (nSPS) is 28.5. The van der Waals surface area contributed by atoms with Crippen molar-refractivity contribution in [2.45, 2.75) is 38.7 Å². The van der Waals surface area contributed by atoms with E-state index in [0.29, 0.717) is 13.1 Å². The molecule has 0 saturated carbocycles. The lowest BCUT2D eigenvalue weighted by atomic mass is 9.71. The number of hydrogen-bond acceptors (Lipinski definition) is 4. The number of hydrogen-bond donors (Lipinski definition) is 1. The molecule has 0 aromatic heterocycles. The molecular formula is C15H22N2O4. The SMILES string of the molecule is CC1OC(=O)C=C1N1CCC2(CCN(C(=O)O)CC2)CC1. The first-order valence-electron chi connectivity index (χ1n) is 7.64. The molecule has 1 atom stereocenters. The Labute approximate surface area is 124 Å². The van der Waals surface area contributed by atoms with E-state index < -0.39 is 6.09 Å². The van der Waals surface area contributed by atoms with Crippen LogP contribution in [0.4, 0.5) is 4.79 Å². The summed E-state index contributed by atoms with van der Waals surface area (Å²) >= 11 is 0. The van der Waals surface area contributed by atoms with Crippen LogP contribution < -0.4 is 0 Å². The van der Waals surface area contributed by atoms with Gasteiger partial charge in [0.25, 0.3) is 0 Å². The number of nitrogens with zero attached hydrogens (tertiary/aromatic N) is 2. The molecule has 1 N–H and O–H groups in total. The van der Waals surface area contributed by atoms with Crippen LogP contribution in [0.25, 0.3) is 0 Å². The minimum Gasteiger partial charge on any atom is -0.465 e. The third-order valence-corrected chi connectivity index (χ3v) is 5.26. The zero-order chi connectivity index (χ0) is 15.0. The maximum absolute atomic E-state index is 11.3. The van der Waals surface area contributed by atoms with Crippen LogP contribution in [-0.2, 0) is 9.53 Å². The number of piperidine rings is 2. The molecule has 6 heteroatoms. The predicted octanol–water partition coefficient (Wildman–Crippen LogP) is 1.67. The van der Waals surface area contributed by atoms with E-state index in [1.807, 2.05) is 6.92 Å². The highest BCUT2D eigenvalue weighted by Crippen LogP contribution is 2.42. The van der Waals surface area contributed by atoms with Gasteiger partial charge in [0.05, 0.1) is 5.70 Å². The van der Waals surface area contributed by atoms with Crippen molar-refractivity contribution in [1.82, 2.24) is 9.80 Å². The highest BCUT2D eigenvalue weighted by molar-refractivity contribution is 5.85. The summed E-state index contributed by atoms with van der Waals surface area (Å²) in [6.45, 7) is 5.07. The molecule has 0 bridgehead atoms. The van der Waals surface area contributed by atoms with Gasteiger partial charge in [0, 0.05) is 32.3 Å². The Kier molecular flexibility index (Phi) is 3.55. The molecule has 0 aliphatic carbocycles. The lowest BCUT2D eigenvalue weighted by molar-refractivity contribution is -0.138. The van der Waals surface area contributed by atoms with Gasteiger partial charge < -0.3 is 19.6 Å². The summed E-state index contributed by atoms with van der Waals surface area (Å²) in [5.41, 5.74) is 1.29. The van der Waals surface area contributed by atoms with E-state index in [4.69, 9.17) is 9.84 Å². The molecule has 3 aliphatic rings. The summed E-state index contributed by atoms with van der Waals surface area (Å²) < 4.78 is 5.16. The summed E-state index contributed by atoms with van der Waals surface area (Å²) in [6.07, 6.45) is 4.71. The predicted molar refractivity (Wildman–Crippen MR) is 75.7 cm³/mol. The van der Waals surface area contributed by atoms with E-state index >= 15 is 0 Å². The van der Waals surface area contributed by atoms with Crippen molar-refractivity contribution in [2.75, 3.05) is 26.2 Å². The molecule has 1 unspecified atom stereocenters. The number of amides is 1. The molecule has 3 aliphatic heterocycles. The lowest BCUT2D eigenvalue weighted by Gasteiger charge is -2.47. The van der Waals surface area contributed by atoms with Gasteiger partial charge in [-0.05, 0) is 38.0 Å². The number of carbonyl (C=O) groups is 2. The summed E-state index contributed by atoms with van der Waals surface area (Å²) in [4.78, 5) is 26.1. The number of likely N-dealkylation sites (tertiary alicyclic amines) is 2. The first kappa shape index (κ1) is 14.2. The highest BCUT2D eigenvalue weighted by Gasteiger charge is 2.40. The van der Waals surface area contributed by atoms with Crippen molar-refractivity contribution in [3.05, 3.63) is 11.8 Å². The van der Waals surface area contributed by atoms with Crippen molar-refractivity contribution >= 4 is 12.1 Å². The van der Waals surface area contributed by atoms with Gasteiger partial charge >= 0.3 is 12.1 Å². The number of esters is 1. The first-order chi connectivity index (χ1) is 9.99. The van der Waals surface area contributed by atoms with Crippen LogP contribution in [0.2, 0.25) is 0 Å². The minimum atomic E-state index is -0.803. The molecule has 2 fully saturated rings. The van der Waals surface area contributed by atoms with Gasteiger partial charge in [-0.3, -0.25) is 0 Å². The Hall–Kier alpha value is -1.72. The third kappa shape index (κ3) is 2.71. The van der Waals surface area contributed by atoms with Crippen LogP contribution in [-0.4, -0.2) is 59.3 Å². The van der Waals surface area contributed by atoms with Crippen molar-refractivity contribution in [3.63, 3.8) is 0 Å². The van der Waals surface area contributed by atoms with Crippen molar-refractivity contribution < 1.29 is 19.4 Å². The van der Waals surface area contributed by atoms with Gasteiger partial charge in [0.1, 0.15) is 6.10 Å². The van der Waals surface area contributed by atoms with Crippen molar-refractivity contribution in [1.29, 1.82) is 0 Å². The lowest BCUT2D eigenvalue weighted by Crippen LogP contribution is -2.48. The Morgan fingerprint density at radius 1 is 1.24 bits per heavy atom. The highest BCUT2D eigenvalue weighted by atomic mass is 16.5. The molecule has 1 amide bonds. The Morgan fingerprint density at radius 2 is 1.81 bits per heavy atom. The van der Waals surface area contributed by atoms with Gasteiger partial charge in [0.2, 0.25) is 0 Å². The number of rotatable bonds is 1. The minimum absolute atomic E-state index is 0.139. The second-order valence-corrected chi connectivity index (χ2v) is 6.40. The molecule has 116 valence electrons. The Balaban J connectivity index is 1.57. The first-order valence-corrected chi connectivity index (χ1v) is 7.64. The number of ether oxygens (including phenoxy) is 1. The van der Waals surface area contributed by atoms with E-state index in [1.165, 1.54) is 4.90 Å². The zero-order valence-electron chi connectivity index (χ0n) is 12.4. The van der Waals surface area contributed by atoms with Gasteiger partial charge in [0.15, 0.2) is 0 Å². The smallest absolute Gasteiger partial charge is 0.407 e. The Bertz CT molecular complexity index is 470. The summed E-state index contributed by atoms with van der Waals surface area (Å²) in [5, 5.41) is 9.03. The number of carbonyl (C=O) groups excluding carboxylic acids is 1. The van der Waals surface area contributed by atoms with E-state index in [0.717, 1.165) is 44.5 Å². The second kappa shape index (κ2) is 5.24. The Morgan fingerprint density at radius 3 is 2.29 bits per heavy atom. The van der Waals surface area contributed by atoms with Gasteiger partial charge in [-0.25, -0.2) is 9.59 Å². The van der Waals surface area contributed by atoms with Gasteiger partial charge in [-0.2, -0.15) is 0 Å². The topological polar surface area (TPSA) is 70.1 Å². The fraction of sp³-hybridized carbons (Fsp3) is 0.733. The molecule has 0 aromatic rings. The van der Waals surface area contributed by atoms with E-state index in [9.17, 15) is 9.59 Å². The molecule has 6 nitrogen and oxygen atoms in total. The number of cyclic esters (lactones) is 1. The molecule has 3 rings (SSSR count). The van der Waals surface area contributed by atoms with Crippen LogP contribution in [0.3, 0.4) is 0 Å². The molecular weight excluding hydrogens is 272 g/mol. The van der Waals surface area contributed by atoms with E-state index in [1.54, 1.807) is 6.08 Å². The maximum atomic E-state index is 11.3. The maximum Gasteiger partial charge on any atom is 0.407 e. The van der Waals surface area contributed by atoms with Crippen LogP contribution in [0.5, 0.6) is 0 Å². The largest absolute Gasteiger partial charge is 0.465 e. The van der Waals surface area contributed by atoms with Crippen LogP contribution in [0.15, 0.2) is 11.8 Å². The molecule has 2 saturated heterocycles. The van der Waals surface area contributed by atoms with Crippen molar-refractivity contribution in [2.24, 2.45) is 5.41 Å². The quantitative estimate of drug-likeness (QED) is 0.745. The molecule has 3 heterocycles. The van der Waals surface area contributed by atoms with E-state index in [2.05, 4.69) is 4.90 Å². The molecule has 0 aromatic carbocycles. The molecule has 21 heavy (non-hydrogen) atoms. The van der Waals surface area contributed by atoms with Gasteiger partial charge in [-0.1, -0.05) is 0 Å². The molecule has 1 spiro atoms. The number of carboxylic acid groups (broad SMARTS) is 1. The van der Waals surface area contributed by atoms with Crippen LogP contribution >= 0.6 is 0 Å². The third-order valence-electron chi connectivity index (χ3n) is 5.26. The van der Waals surface area contributed by atoms with Crippen LogP contribution in [0.1, 0.15) is 32.6 Å².